The number of fused-ring (bicyclic) bond motifs is 1. The predicted octanol–water partition coefficient (Wildman–Crippen LogP) is 6.35. The van der Waals surface area contributed by atoms with Crippen molar-refractivity contribution in [2.24, 2.45) is 0 Å². The lowest BCUT2D eigenvalue weighted by molar-refractivity contribution is 0.305. The van der Waals surface area contributed by atoms with E-state index in [0.717, 1.165) is 40.1 Å². The second kappa shape index (κ2) is 10.6. The van der Waals surface area contributed by atoms with Gasteiger partial charge in [-0.1, -0.05) is 65.6 Å². The highest BCUT2D eigenvalue weighted by Gasteiger charge is 2.13. The lowest BCUT2D eigenvalue weighted by Gasteiger charge is -2.06. The normalized spacial score (nSPS) is 12.0. The summed E-state index contributed by atoms with van der Waals surface area (Å²) in [5.41, 5.74) is 1.59. The van der Waals surface area contributed by atoms with Crippen molar-refractivity contribution in [2.45, 2.75) is 32.6 Å². The standard InChI is InChI=1S/C27H24BrN3O3S/c1-2-3-4-5-15-33-21-11-9-18(10-12-21)25-29-27-31(30-25)26(32)24(35-27)17-22-13-14-23(34-22)19-7-6-8-20(28)16-19/h6-14,16-17H,2-5,15H2,1H3. The number of unbranched alkanes of at least 4 members (excludes halogenated alkanes) is 3. The summed E-state index contributed by atoms with van der Waals surface area (Å²) in [6, 6.07) is 19.3. The van der Waals surface area contributed by atoms with Gasteiger partial charge in [0.05, 0.1) is 6.61 Å². The number of aromatic nitrogens is 3. The summed E-state index contributed by atoms with van der Waals surface area (Å²) in [4.78, 5) is 18.0. The number of halogens is 1. The van der Waals surface area contributed by atoms with E-state index in [1.54, 1.807) is 6.08 Å². The van der Waals surface area contributed by atoms with Crippen LogP contribution in [0.4, 0.5) is 0 Å². The first kappa shape index (κ1) is 23.5. The Morgan fingerprint density at radius 3 is 2.69 bits per heavy atom. The van der Waals surface area contributed by atoms with Crippen molar-refractivity contribution in [3.63, 3.8) is 0 Å². The summed E-state index contributed by atoms with van der Waals surface area (Å²) in [7, 11) is 0. The molecular formula is C27H24BrN3O3S. The topological polar surface area (TPSA) is 69.6 Å². The third-order valence-corrected chi connectivity index (χ3v) is 7.02. The van der Waals surface area contributed by atoms with Crippen LogP contribution >= 0.6 is 27.3 Å². The number of nitrogens with zero attached hydrogens (tertiary/aromatic N) is 3. The average molecular weight is 550 g/mol. The smallest absolute Gasteiger partial charge is 0.291 e. The zero-order valence-corrected chi connectivity index (χ0v) is 21.6. The van der Waals surface area contributed by atoms with Gasteiger partial charge in [0, 0.05) is 21.7 Å². The maximum absolute atomic E-state index is 12.9. The molecule has 0 N–H and O–H groups in total. The van der Waals surface area contributed by atoms with Gasteiger partial charge in [-0.25, -0.2) is 0 Å². The van der Waals surface area contributed by atoms with E-state index in [4.69, 9.17) is 9.15 Å². The van der Waals surface area contributed by atoms with Crippen molar-refractivity contribution in [3.05, 3.63) is 85.8 Å². The molecule has 0 unspecified atom stereocenters. The minimum absolute atomic E-state index is 0.212. The van der Waals surface area contributed by atoms with Crippen LogP contribution in [0.15, 0.2) is 74.3 Å². The summed E-state index contributed by atoms with van der Waals surface area (Å²) >= 11 is 4.77. The molecule has 8 heteroatoms. The number of hydrogen-bond acceptors (Lipinski definition) is 6. The zero-order chi connectivity index (χ0) is 24.2. The van der Waals surface area contributed by atoms with E-state index in [0.29, 0.717) is 21.1 Å². The highest BCUT2D eigenvalue weighted by Crippen LogP contribution is 2.25. The Kier molecular flexibility index (Phi) is 7.11. The van der Waals surface area contributed by atoms with Crippen molar-refractivity contribution in [3.8, 4) is 28.5 Å². The van der Waals surface area contributed by atoms with Crippen molar-refractivity contribution >= 4 is 38.3 Å². The number of rotatable bonds is 9. The fourth-order valence-corrected chi connectivity index (χ4v) is 5.02. The molecule has 2 aromatic carbocycles. The SMILES string of the molecule is CCCCCCOc1ccc(-c2nc3sc(=Cc4ccc(-c5cccc(Br)c5)o4)c(=O)n3n2)cc1. The fourth-order valence-electron chi connectivity index (χ4n) is 3.73. The molecule has 6 nitrogen and oxygen atoms in total. The Morgan fingerprint density at radius 1 is 1.06 bits per heavy atom. The summed E-state index contributed by atoms with van der Waals surface area (Å²) < 4.78 is 14.6. The lowest BCUT2D eigenvalue weighted by atomic mass is 10.2. The second-order valence-corrected chi connectivity index (χ2v) is 10.1. The maximum Gasteiger partial charge on any atom is 0.291 e. The first-order valence-electron chi connectivity index (χ1n) is 11.6. The maximum atomic E-state index is 12.9. The van der Waals surface area contributed by atoms with Gasteiger partial charge in [-0.15, -0.1) is 5.10 Å². The predicted molar refractivity (Wildman–Crippen MR) is 143 cm³/mol. The van der Waals surface area contributed by atoms with Gasteiger partial charge in [0.15, 0.2) is 5.82 Å². The Morgan fingerprint density at radius 2 is 1.91 bits per heavy atom. The molecule has 178 valence electrons. The average Bonchev–Trinajstić information content (AvgIpc) is 3.57. The Bertz CT molecular complexity index is 1550. The quantitative estimate of drug-likeness (QED) is 0.200. The zero-order valence-electron chi connectivity index (χ0n) is 19.2. The van der Waals surface area contributed by atoms with Crippen LogP contribution in [0.2, 0.25) is 0 Å². The van der Waals surface area contributed by atoms with Crippen LogP contribution < -0.4 is 14.8 Å². The number of furan rings is 1. The van der Waals surface area contributed by atoms with Crippen molar-refractivity contribution in [1.82, 2.24) is 14.6 Å². The second-order valence-electron chi connectivity index (χ2n) is 8.19. The Balaban J connectivity index is 1.32. The molecule has 0 saturated carbocycles. The molecule has 0 spiro atoms. The number of hydrogen-bond donors (Lipinski definition) is 0. The minimum atomic E-state index is -0.212. The lowest BCUT2D eigenvalue weighted by Crippen LogP contribution is -2.23. The third-order valence-electron chi connectivity index (χ3n) is 5.57. The fraction of sp³-hybridized carbons (Fsp3) is 0.222. The molecular weight excluding hydrogens is 526 g/mol. The number of thiazole rings is 1. The van der Waals surface area contributed by atoms with Gasteiger partial charge < -0.3 is 9.15 Å². The third kappa shape index (κ3) is 5.39. The van der Waals surface area contributed by atoms with Crippen molar-refractivity contribution in [1.29, 1.82) is 0 Å². The van der Waals surface area contributed by atoms with E-state index < -0.39 is 0 Å². The van der Waals surface area contributed by atoms with E-state index in [1.807, 2.05) is 60.7 Å². The van der Waals surface area contributed by atoms with Gasteiger partial charge in [0.1, 0.15) is 21.8 Å². The van der Waals surface area contributed by atoms with E-state index in [2.05, 4.69) is 32.9 Å². The molecule has 5 rings (SSSR count). The van der Waals surface area contributed by atoms with Gasteiger partial charge in [0.25, 0.3) is 5.56 Å². The summed E-state index contributed by atoms with van der Waals surface area (Å²) in [6.45, 7) is 2.92. The molecule has 0 aliphatic heterocycles. The van der Waals surface area contributed by atoms with Crippen LogP contribution in [0.1, 0.15) is 38.4 Å². The molecule has 0 aliphatic rings. The summed E-state index contributed by atoms with van der Waals surface area (Å²) in [5.74, 6) is 2.69. The van der Waals surface area contributed by atoms with Crippen LogP contribution in [0.5, 0.6) is 5.75 Å². The molecule has 35 heavy (non-hydrogen) atoms. The summed E-state index contributed by atoms with van der Waals surface area (Å²) in [6.07, 6.45) is 6.43. The van der Waals surface area contributed by atoms with Crippen molar-refractivity contribution in [2.75, 3.05) is 6.61 Å². The molecule has 3 aromatic heterocycles. The molecule has 0 bridgehead atoms. The molecule has 0 radical (unpaired) electrons. The van der Waals surface area contributed by atoms with E-state index >= 15 is 0 Å². The van der Waals surface area contributed by atoms with Gasteiger partial charge in [-0.2, -0.15) is 9.50 Å². The monoisotopic (exact) mass is 549 g/mol. The molecule has 0 amide bonds. The highest BCUT2D eigenvalue weighted by atomic mass is 79.9. The van der Waals surface area contributed by atoms with Gasteiger partial charge in [-0.3, -0.25) is 4.79 Å². The first-order chi connectivity index (χ1) is 17.1. The Labute approximate surface area is 215 Å². The van der Waals surface area contributed by atoms with Gasteiger partial charge >= 0.3 is 0 Å². The Hall–Kier alpha value is -3.23. The highest BCUT2D eigenvalue weighted by molar-refractivity contribution is 9.10. The summed E-state index contributed by atoms with van der Waals surface area (Å²) in [5, 5.41) is 4.44. The molecule has 0 saturated heterocycles. The van der Waals surface area contributed by atoms with Gasteiger partial charge in [0.2, 0.25) is 4.96 Å². The van der Waals surface area contributed by atoms with E-state index in [9.17, 15) is 4.79 Å². The first-order valence-corrected chi connectivity index (χ1v) is 13.2. The minimum Gasteiger partial charge on any atom is -0.494 e. The van der Waals surface area contributed by atoms with Crippen LogP contribution in [0.25, 0.3) is 33.7 Å². The van der Waals surface area contributed by atoms with Crippen molar-refractivity contribution < 1.29 is 9.15 Å². The van der Waals surface area contributed by atoms with Crippen LogP contribution in [0.3, 0.4) is 0 Å². The van der Waals surface area contributed by atoms with E-state index in [-0.39, 0.29) is 5.56 Å². The molecule has 5 aromatic rings. The van der Waals surface area contributed by atoms with E-state index in [1.165, 1.54) is 35.1 Å². The molecule has 3 heterocycles. The molecule has 0 fully saturated rings. The van der Waals surface area contributed by atoms with Crippen LogP contribution in [-0.4, -0.2) is 21.2 Å². The van der Waals surface area contributed by atoms with Gasteiger partial charge in [-0.05, 0) is 55.0 Å². The number of benzene rings is 2. The molecule has 0 atom stereocenters. The van der Waals surface area contributed by atoms with Crippen LogP contribution in [-0.2, 0) is 0 Å². The number of ether oxygens (including phenoxy) is 1. The largest absolute Gasteiger partial charge is 0.494 e. The van der Waals surface area contributed by atoms with Crippen LogP contribution in [0, 0.1) is 0 Å². The molecule has 0 aliphatic carbocycles.